The van der Waals surface area contributed by atoms with Crippen molar-refractivity contribution in [1.82, 2.24) is 4.57 Å². The van der Waals surface area contributed by atoms with E-state index in [4.69, 9.17) is 0 Å². The molecule has 0 radical (unpaired) electrons. The second-order valence-corrected chi connectivity index (χ2v) is 5.22. The molecule has 0 fully saturated rings. The number of carbonyl (C=O) groups is 1. The molecule has 0 unspecified atom stereocenters. The van der Waals surface area contributed by atoms with Gasteiger partial charge in [-0.15, -0.1) is 0 Å². The van der Waals surface area contributed by atoms with Gasteiger partial charge < -0.3 is 4.57 Å². The van der Waals surface area contributed by atoms with Gasteiger partial charge in [-0.25, -0.2) is 0 Å². The van der Waals surface area contributed by atoms with Gasteiger partial charge in [-0.05, 0) is 19.1 Å². The molecule has 0 bridgehead atoms. The van der Waals surface area contributed by atoms with Crippen LogP contribution < -0.4 is 0 Å². The van der Waals surface area contributed by atoms with E-state index in [1.54, 1.807) is 18.3 Å². The molecule has 0 amide bonds. The van der Waals surface area contributed by atoms with Gasteiger partial charge >= 0.3 is 6.18 Å². The summed E-state index contributed by atoms with van der Waals surface area (Å²) in [5.41, 5.74) is -0.0978. The van der Waals surface area contributed by atoms with Crippen LogP contribution >= 0.6 is 0 Å². The van der Waals surface area contributed by atoms with Gasteiger partial charge in [0, 0.05) is 34.8 Å². The molecule has 0 saturated carbocycles. The van der Waals surface area contributed by atoms with Crippen LogP contribution in [0.4, 0.5) is 13.2 Å². The third-order valence-corrected chi connectivity index (χ3v) is 3.85. The summed E-state index contributed by atoms with van der Waals surface area (Å²) >= 11 is 0. The fourth-order valence-corrected chi connectivity index (χ4v) is 2.76. The summed E-state index contributed by atoms with van der Waals surface area (Å²) in [6.07, 6.45) is -2.93. The fourth-order valence-electron chi connectivity index (χ4n) is 2.76. The lowest BCUT2D eigenvalue weighted by Gasteiger charge is -2.11. The van der Waals surface area contributed by atoms with Crippen molar-refractivity contribution in [2.24, 2.45) is 0 Å². The molecule has 2 nitrogen and oxygen atoms in total. The van der Waals surface area contributed by atoms with Crippen LogP contribution in [0.25, 0.3) is 10.9 Å². The molecular formula is C18H14F3NO. The van der Waals surface area contributed by atoms with Gasteiger partial charge in [-0.3, -0.25) is 4.79 Å². The maximum Gasteiger partial charge on any atom is 0.417 e. The number of aryl methyl sites for hydroxylation is 1. The van der Waals surface area contributed by atoms with E-state index in [9.17, 15) is 18.0 Å². The van der Waals surface area contributed by atoms with E-state index in [2.05, 4.69) is 0 Å². The number of halogens is 3. The highest BCUT2D eigenvalue weighted by molar-refractivity contribution is 6.17. The highest BCUT2D eigenvalue weighted by Crippen LogP contribution is 2.34. The predicted octanol–water partition coefficient (Wildman–Crippen LogP) is 4.91. The summed E-state index contributed by atoms with van der Waals surface area (Å²) in [4.78, 5) is 12.7. The Morgan fingerprint density at radius 2 is 1.65 bits per heavy atom. The normalized spacial score (nSPS) is 11.8. The van der Waals surface area contributed by atoms with Crippen LogP contribution in [0.1, 0.15) is 28.4 Å². The van der Waals surface area contributed by atoms with Gasteiger partial charge in [0.15, 0.2) is 5.78 Å². The van der Waals surface area contributed by atoms with Gasteiger partial charge in [-0.1, -0.05) is 36.4 Å². The van der Waals surface area contributed by atoms with Crippen molar-refractivity contribution in [2.75, 3.05) is 0 Å². The zero-order chi connectivity index (χ0) is 16.6. The molecule has 0 spiro atoms. The summed E-state index contributed by atoms with van der Waals surface area (Å²) in [7, 11) is 0. The van der Waals surface area contributed by atoms with Crippen LogP contribution in [-0.4, -0.2) is 10.4 Å². The van der Waals surface area contributed by atoms with Crippen molar-refractivity contribution >= 4 is 16.7 Å². The molecule has 1 aromatic heterocycles. The first-order valence-corrected chi connectivity index (χ1v) is 7.22. The number of nitrogens with zero attached hydrogens (tertiary/aromatic N) is 1. The van der Waals surface area contributed by atoms with Crippen molar-refractivity contribution in [3.05, 3.63) is 71.4 Å². The number of rotatable bonds is 3. The SMILES string of the molecule is CCn1cc(C(=O)c2ccccc2C(F)(F)F)c2ccccc21. The maximum absolute atomic E-state index is 13.2. The van der Waals surface area contributed by atoms with Gasteiger partial charge in [0.05, 0.1) is 5.56 Å². The number of hydrogen-bond acceptors (Lipinski definition) is 1. The van der Waals surface area contributed by atoms with E-state index in [-0.39, 0.29) is 5.56 Å². The smallest absolute Gasteiger partial charge is 0.347 e. The molecule has 3 rings (SSSR count). The van der Waals surface area contributed by atoms with Crippen LogP contribution in [0, 0.1) is 0 Å². The van der Waals surface area contributed by atoms with E-state index < -0.39 is 17.5 Å². The molecule has 0 N–H and O–H groups in total. The lowest BCUT2D eigenvalue weighted by atomic mass is 9.98. The largest absolute Gasteiger partial charge is 0.417 e. The number of hydrogen-bond donors (Lipinski definition) is 0. The van der Waals surface area contributed by atoms with Crippen molar-refractivity contribution in [2.45, 2.75) is 19.6 Å². The van der Waals surface area contributed by atoms with Crippen LogP contribution in [0.15, 0.2) is 54.7 Å². The molecule has 0 aliphatic heterocycles. The minimum absolute atomic E-state index is 0.291. The third kappa shape index (κ3) is 2.63. The average Bonchev–Trinajstić information content (AvgIpc) is 2.92. The minimum atomic E-state index is -4.56. The average molecular weight is 317 g/mol. The van der Waals surface area contributed by atoms with E-state index in [0.29, 0.717) is 17.5 Å². The maximum atomic E-state index is 13.2. The van der Waals surface area contributed by atoms with Crippen LogP contribution in [0.2, 0.25) is 0 Å². The molecule has 0 saturated heterocycles. The second kappa shape index (κ2) is 5.57. The van der Waals surface area contributed by atoms with E-state index >= 15 is 0 Å². The van der Waals surface area contributed by atoms with Gasteiger partial charge in [-0.2, -0.15) is 13.2 Å². The Kier molecular flexibility index (Phi) is 3.72. The zero-order valence-corrected chi connectivity index (χ0v) is 12.4. The summed E-state index contributed by atoms with van der Waals surface area (Å²) in [5.74, 6) is -0.610. The van der Waals surface area contributed by atoms with Crippen molar-refractivity contribution in [1.29, 1.82) is 0 Å². The van der Waals surface area contributed by atoms with E-state index in [0.717, 1.165) is 11.6 Å². The molecule has 2 aromatic carbocycles. The summed E-state index contributed by atoms with van der Waals surface area (Å²) < 4.78 is 41.3. The molecule has 1 heterocycles. The monoisotopic (exact) mass is 317 g/mol. The Hall–Kier alpha value is -2.56. The third-order valence-electron chi connectivity index (χ3n) is 3.85. The number of aromatic nitrogens is 1. The molecule has 0 atom stereocenters. The van der Waals surface area contributed by atoms with Crippen molar-refractivity contribution < 1.29 is 18.0 Å². The van der Waals surface area contributed by atoms with E-state index in [1.807, 2.05) is 23.6 Å². The number of alkyl halides is 3. The highest BCUT2D eigenvalue weighted by atomic mass is 19.4. The Bertz CT molecular complexity index is 877. The second-order valence-electron chi connectivity index (χ2n) is 5.22. The van der Waals surface area contributed by atoms with E-state index in [1.165, 1.54) is 18.2 Å². The number of benzene rings is 2. The molecule has 5 heteroatoms. The van der Waals surface area contributed by atoms with Gasteiger partial charge in [0.25, 0.3) is 0 Å². The van der Waals surface area contributed by atoms with Crippen molar-refractivity contribution in [3.63, 3.8) is 0 Å². The van der Waals surface area contributed by atoms with Gasteiger partial charge in [0.1, 0.15) is 0 Å². The summed E-state index contributed by atoms with van der Waals surface area (Å²) in [5, 5.41) is 0.663. The molecule has 0 aliphatic carbocycles. The number of ketones is 1. The topological polar surface area (TPSA) is 22.0 Å². The predicted molar refractivity (Wildman–Crippen MR) is 82.5 cm³/mol. The van der Waals surface area contributed by atoms with Crippen LogP contribution in [0.5, 0.6) is 0 Å². The Balaban J connectivity index is 2.20. The van der Waals surface area contributed by atoms with Crippen molar-refractivity contribution in [3.8, 4) is 0 Å². The zero-order valence-electron chi connectivity index (χ0n) is 12.4. The Labute approximate surface area is 131 Å². The standard InChI is InChI=1S/C18H14F3NO/c1-2-22-11-14(12-7-4-6-10-16(12)22)17(23)13-8-3-5-9-15(13)18(19,20)21/h3-11H,2H2,1H3. The minimum Gasteiger partial charge on any atom is -0.347 e. The fraction of sp³-hybridized carbons (Fsp3) is 0.167. The van der Waals surface area contributed by atoms with Crippen LogP contribution in [0.3, 0.4) is 0 Å². The quantitative estimate of drug-likeness (QED) is 0.629. The Morgan fingerprint density at radius 3 is 2.35 bits per heavy atom. The summed E-state index contributed by atoms with van der Waals surface area (Å²) in [6.45, 7) is 2.55. The number of para-hydroxylation sites is 1. The molecule has 3 aromatic rings. The highest BCUT2D eigenvalue weighted by Gasteiger charge is 2.35. The first kappa shape index (κ1) is 15.3. The molecular weight excluding hydrogens is 303 g/mol. The molecule has 118 valence electrons. The summed E-state index contributed by atoms with van der Waals surface area (Å²) in [6, 6.07) is 12.1. The molecule has 0 aliphatic rings. The van der Waals surface area contributed by atoms with Gasteiger partial charge in [0.2, 0.25) is 0 Å². The molecule has 23 heavy (non-hydrogen) atoms. The van der Waals surface area contributed by atoms with Crippen LogP contribution in [-0.2, 0) is 12.7 Å². The first-order valence-electron chi connectivity index (χ1n) is 7.22. The number of fused-ring (bicyclic) bond motifs is 1. The number of carbonyl (C=O) groups excluding carboxylic acids is 1. The lowest BCUT2D eigenvalue weighted by Crippen LogP contribution is -2.13. The lowest BCUT2D eigenvalue weighted by molar-refractivity contribution is -0.137. The Morgan fingerprint density at radius 1 is 1.00 bits per heavy atom. The first-order chi connectivity index (χ1) is 10.9.